The Bertz CT molecular complexity index is 536. The third-order valence-corrected chi connectivity index (χ3v) is 3.91. The highest BCUT2D eigenvalue weighted by Gasteiger charge is 2.25. The number of unbranched alkanes of at least 4 members (excludes halogenated alkanes) is 1. The second-order valence-electron chi connectivity index (χ2n) is 5.61. The van der Waals surface area contributed by atoms with Gasteiger partial charge in [-0.25, -0.2) is 9.50 Å². The van der Waals surface area contributed by atoms with E-state index in [1.54, 1.807) is 11.3 Å². The molecule has 18 heavy (non-hydrogen) atoms. The summed E-state index contributed by atoms with van der Waals surface area (Å²) in [5, 5.41) is 15.2. The molecule has 2 rings (SSSR count). The number of aromatic nitrogens is 3. The molecule has 100 valence electrons. The Morgan fingerprint density at radius 1 is 1.33 bits per heavy atom. The summed E-state index contributed by atoms with van der Waals surface area (Å²) in [6, 6.07) is 0. The number of rotatable bonds is 4. The lowest BCUT2D eigenvalue weighted by Gasteiger charge is -2.16. The second kappa shape index (κ2) is 4.97. The maximum Gasteiger partial charge on any atom is 0.212 e. The highest BCUT2D eigenvalue weighted by Crippen LogP contribution is 2.28. The minimum atomic E-state index is -0.0605. The number of nitrogens with zero attached hydrogens (tertiary/aromatic N) is 3. The van der Waals surface area contributed by atoms with Gasteiger partial charge in [0.2, 0.25) is 4.96 Å². The molecule has 0 atom stereocenters. The van der Waals surface area contributed by atoms with Gasteiger partial charge in [0.15, 0.2) is 0 Å². The first-order chi connectivity index (χ1) is 8.47. The molecule has 1 N–H and O–H groups in total. The Morgan fingerprint density at radius 3 is 2.61 bits per heavy atom. The number of hydrogen-bond acceptors (Lipinski definition) is 4. The van der Waals surface area contributed by atoms with Crippen LogP contribution < -0.4 is 0 Å². The van der Waals surface area contributed by atoms with E-state index in [9.17, 15) is 5.11 Å². The molecule has 0 bridgehead atoms. The number of hydrogen-bond donors (Lipinski definition) is 1. The first-order valence-electron chi connectivity index (χ1n) is 6.46. The van der Waals surface area contributed by atoms with Gasteiger partial charge in [-0.3, -0.25) is 0 Å². The van der Waals surface area contributed by atoms with Crippen molar-refractivity contribution in [2.45, 2.75) is 59.0 Å². The third-order valence-electron chi connectivity index (χ3n) is 2.94. The van der Waals surface area contributed by atoms with Gasteiger partial charge in [-0.05, 0) is 6.42 Å². The number of aliphatic hydroxyl groups is 1. The molecular formula is C13H21N3OS. The zero-order valence-electron chi connectivity index (χ0n) is 11.5. The Morgan fingerprint density at radius 2 is 2.06 bits per heavy atom. The lowest BCUT2D eigenvalue weighted by Crippen LogP contribution is -2.15. The molecular weight excluding hydrogens is 246 g/mol. The van der Waals surface area contributed by atoms with Crippen molar-refractivity contribution in [3.05, 3.63) is 16.4 Å². The van der Waals surface area contributed by atoms with Crippen LogP contribution in [0.1, 0.15) is 56.9 Å². The monoisotopic (exact) mass is 267 g/mol. The van der Waals surface area contributed by atoms with Crippen molar-refractivity contribution in [3.8, 4) is 0 Å². The fraction of sp³-hybridized carbons (Fsp3) is 0.692. The highest BCUT2D eigenvalue weighted by atomic mass is 32.1. The average molecular weight is 267 g/mol. The normalized spacial score (nSPS) is 12.5. The van der Waals surface area contributed by atoms with Crippen LogP contribution in [-0.2, 0) is 18.4 Å². The summed E-state index contributed by atoms with van der Waals surface area (Å²) in [6.07, 6.45) is 3.32. The number of aryl methyl sites for hydroxylation is 1. The number of fused-ring (bicyclic) bond motifs is 1. The van der Waals surface area contributed by atoms with Gasteiger partial charge in [0.1, 0.15) is 5.01 Å². The molecule has 0 unspecified atom stereocenters. The molecule has 0 fully saturated rings. The van der Waals surface area contributed by atoms with Crippen molar-refractivity contribution < 1.29 is 5.11 Å². The number of aliphatic hydroxyl groups excluding tert-OH is 1. The number of imidazole rings is 1. The van der Waals surface area contributed by atoms with Crippen LogP contribution in [0.5, 0.6) is 0 Å². The molecule has 0 aliphatic carbocycles. The molecule has 0 aromatic carbocycles. The van der Waals surface area contributed by atoms with Crippen LogP contribution in [0.25, 0.3) is 4.96 Å². The predicted octanol–water partition coefficient (Wildman–Crippen LogP) is 2.92. The second-order valence-corrected chi connectivity index (χ2v) is 6.65. The largest absolute Gasteiger partial charge is 0.390 e. The van der Waals surface area contributed by atoms with E-state index in [2.05, 4.69) is 37.8 Å². The fourth-order valence-corrected chi connectivity index (χ4v) is 2.96. The lowest BCUT2D eigenvalue weighted by atomic mass is 9.91. The van der Waals surface area contributed by atoms with Crippen LogP contribution in [-0.4, -0.2) is 19.7 Å². The Balaban J connectivity index is 2.44. The van der Waals surface area contributed by atoms with Crippen LogP contribution >= 0.6 is 11.3 Å². The molecule has 5 heteroatoms. The predicted molar refractivity (Wildman–Crippen MR) is 74.1 cm³/mol. The first-order valence-corrected chi connectivity index (χ1v) is 7.27. The van der Waals surface area contributed by atoms with Crippen molar-refractivity contribution in [1.29, 1.82) is 0 Å². The van der Waals surface area contributed by atoms with E-state index < -0.39 is 0 Å². The van der Waals surface area contributed by atoms with Gasteiger partial charge in [-0.2, -0.15) is 5.10 Å². The van der Waals surface area contributed by atoms with Crippen molar-refractivity contribution >= 4 is 16.3 Å². The quantitative estimate of drug-likeness (QED) is 0.926. The molecule has 0 saturated carbocycles. The van der Waals surface area contributed by atoms with Gasteiger partial charge in [0, 0.05) is 11.8 Å². The van der Waals surface area contributed by atoms with E-state index in [0.29, 0.717) is 0 Å². The van der Waals surface area contributed by atoms with Gasteiger partial charge in [-0.15, -0.1) is 0 Å². The average Bonchev–Trinajstić information content (AvgIpc) is 2.81. The Kier molecular flexibility index (Phi) is 3.73. The lowest BCUT2D eigenvalue weighted by molar-refractivity contribution is 0.270. The zero-order chi connectivity index (χ0) is 13.3. The van der Waals surface area contributed by atoms with E-state index in [1.807, 2.05) is 4.52 Å². The molecule has 0 amide bonds. The van der Waals surface area contributed by atoms with Crippen LogP contribution in [0.3, 0.4) is 0 Å². The summed E-state index contributed by atoms with van der Waals surface area (Å²) < 4.78 is 1.82. The summed E-state index contributed by atoms with van der Waals surface area (Å²) in [7, 11) is 0. The van der Waals surface area contributed by atoms with Gasteiger partial charge in [-0.1, -0.05) is 45.5 Å². The van der Waals surface area contributed by atoms with Crippen LogP contribution in [0.15, 0.2) is 0 Å². The summed E-state index contributed by atoms with van der Waals surface area (Å²) in [5.74, 6) is 0. The van der Waals surface area contributed by atoms with Crippen molar-refractivity contribution in [3.63, 3.8) is 0 Å². The summed E-state index contributed by atoms with van der Waals surface area (Å²) >= 11 is 1.63. The Hall–Kier alpha value is -0.940. The molecule has 2 aromatic rings. The van der Waals surface area contributed by atoms with Gasteiger partial charge < -0.3 is 5.11 Å². The minimum absolute atomic E-state index is 0.00921. The maximum absolute atomic E-state index is 9.56. The van der Waals surface area contributed by atoms with E-state index in [4.69, 9.17) is 0 Å². The molecule has 0 saturated heterocycles. The van der Waals surface area contributed by atoms with Crippen LogP contribution in [0.4, 0.5) is 0 Å². The smallest absolute Gasteiger partial charge is 0.212 e. The maximum atomic E-state index is 9.56. The van der Waals surface area contributed by atoms with E-state index in [1.165, 1.54) is 6.42 Å². The van der Waals surface area contributed by atoms with Gasteiger partial charge >= 0.3 is 0 Å². The van der Waals surface area contributed by atoms with Crippen LogP contribution in [0, 0.1) is 0 Å². The van der Waals surface area contributed by atoms with Crippen molar-refractivity contribution in [2.75, 3.05) is 0 Å². The molecule has 2 heterocycles. The molecule has 0 aliphatic rings. The summed E-state index contributed by atoms with van der Waals surface area (Å²) in [5.41, 5.74) is 1.72. The summed E-state index contributed by atoms with van der Waals surface area (Å²) in [4.78, 5) is 5.54. The molecule has 2 aromatic heterocycles. The molecule has 0 aliphatic heterocycles. The summed E-state index contributed by atoms with van der Waals surface area (Å²) in [6.45, 7) is 8.49. The molecule has 4 nitrogen and oxygen atoms in total. The Labute approximate surface area is 112 Å². The third kappa shape index (κ3) is 2.42. The van der Waals surface area contributed by atoms with Gasteiger partial charge in [0.05, 0.1) is 18.0 Å². The highest BCUT2D eigenvalue weighted by molar-refractivity contribution is 7.16. The van der Waals surface area contributed by atoms with Gasteiger partial charge in [0.25, 0.3) is 0 Å². The topological polar surface area (TPSA) is 50.4 Å². The van der Waals surface area contributed by atoms with E-state index in [-0.39, 0.29) is 12.0 Å². The fourth-order valence-electron chi connectivity index (χ4n) is 2.00. The van der Waals surface area contributed by atoms with E-state index in [0.717, 1.165) is 34.2 Å². The molecule has 0 spiro atoms. The SMILES string of the molecule is CCCCc1nn2c(CO)c(C(C)(C)C)nc2s1. The zero-order valence-corrected chi connectivity index (χ0v) is 12.3. The molecule has 0 radical (unpaired) electrons. The first kappa shape index (κ1) is 13.5. The van der Waals surface area contributed by atoms with Crippen LogP contribution in [0.2, 0.25) is 0 Å². The standard InChI is InChI=1S/C13H21N3OS/c1-5-6-7-10-15-16-9(8-17)11(13(2,3)4)14-12(16)18-10/h17H,5-8H2,1-4H3. The van der Waals surface area contributed by atoms with Crippen molar-refractivity contribution in [2.24, 2.45) is 0 Å². The van der Waals surface area contributed by atoms with E-state index >= 15 is 0 Å². The van der Waals surface area contributed by atoms with Crippen molar-refractivity contribution in [1.82, 2.24) is 14.6 Å². The minimum Gasteiger partial charge on any atom is -0.390 e.